The largest absolute Gasteiger partial charge is 0.394 e. The monoisotopic (exact) mass is 201 g/mol. The molecule has 0 aliphatic rings. The van der Waals surface area contributed by atoms with Crippen molar-refractivity contribution in [2.75, 3.05) is 6.61 Å². The first-order valence-electron chi connectivity index (χ1n) is 3.85. The lowest BCUT2D eigenvalue weighted by atomic mass is 10.3. The molecule has 0 saturated carbocycles. The highest BCUT2D eigenvalue weighted by molar-refractivity contribution is 5.71. The Balaban J connectivity index is 2.54. The molecular formula is C6H11N5O3. The molecule has 0 aliphatic carbocycles. The minimum absolute atomic E-state index is 0.0421. The Morgan fingerprint density at radius 2 is 2.43 bits per heavy atom. The predicted molar refractivity (Wildman–Crippen MR) is 44.7 cm³/mol. The highest BCUT2D eigenvalue weighted by atomic mass is 16.5. The van der Waals surface area contributed by atoms with Gasteiger partial charge < -0.3 is 26.4 Å². The zero-order valence-corrected chi connectivity index (χ0v) is 7.30. The van der Waals surface area contributed by atoms with E-state index in [2.05, 4.69) is 15.5 Å². The van der Waals surface area contributed by atoms with Crippen LogP contribution in [0, 0.1) is 0 Å². The smallest absolute Gasteiger partial charge is 0.312 e. The lowest BCUT2D eigenvalue weighted by Gasteiger charge is -1.98. The van der Waals surface area contributed by atoms with E-state index in [-0.39, 0.29) is 24.9 Å². The van der Waals surface area contributed by atoms with Gasteiger partial charge in [-0.1, -0.05) is 5.16 Å². The zero-order chi connectivity index (χ0) is 10.6. The molecule has 0 bridgehead atoms. The van der Waals surface area contributed by atoms with Crippen molar-refractivity contribution in [1.29, 1.82) is 0 Å². The van der Waals surface area contributed by atoms with Gasteiger partial charge in [-0.25, -0.2) is 4.79 Å². The SMILES string of the molecule is NC(=O)NCc1nc([C@@H](N)CO)no1. The maximum atomic E-state index is 10.3. The van der Waals surface area contributed by atoms with Gasteiger partial charge in [0.25, 0.3) is 0 Å². The van der Waals surface area contributed by atoms with Crippen LogP contribution in [0.2, 0.25) is 0 Å². The number of amides is 2. The van der Waals surface area contributed by atoms with E-state index < -0.39 is 12.1 Å². The molecule has 0 radical (unpaired) electrons. The number of hydrogen-bond donors (Lipinski definition) is 4. The fourth-order valence-corrected chi connectivity index (χ4v) is 0.735. The molecule has 0 aliphatic heterocycles. The molecule has 78 valence electrons. The van der Waals surface area contributed by atoms with Crippen LogP contribution in [0.3, 0.4) is 0 Å². The predicted octanol–water partition coefficient (Wildman–Crippen LogP) is -1.77. The van der Waals surface area contributed by atoms with Gasteiger partial charge in [-0.3, -0.25) is 0 Å². The zero-order valence-electron chi connectivity index (χ0n) is 7.30. The van der Waals surface area contributed by atoms with Crippen LogP contribution in [0.4, 0.5) is 4.79 Å². The van der Waals surface area contributed by atoms with Crippen molar-refractivity contribution in [3.63, 3.8) is 0 Å². The van der Waals surface area contributed by atoms with E-state index in [1.165, 1.54) is 0 Å². The van der Waals surface area contributed by atoms with Gasteiger partial charge >= 0.3 is 6.03 Å². The van der Waals surface area contributed by atoms with Crippen molar-refractivity contribution < 1.29 is 14.4 Å². The number of carbonyl (C=O) groups excluding carboxylic acids is 1. The van der Waals surface area contributed by atoms with E-state index in [1.807, 2.05) is 0 Å². The summed E-state index contributed by atoms with van der Waals surface area (Å²) in [5.41, 5.74) is 10.2. The number of urea groups is 1. The van der Waals surface area contributed by atoms with Crippen LogP contribution in [0.15, 0.2) is 4.52 Å². The first kappa shape index (κ1) is 10.4. The molecule has 2 amide bonds. The lowest BCUT2D eigenvalue weighted by Crippen LogP contribution is -2.28. The van der Waals surface area contributed by atoms with E-state index in [0.29, 0.717) is 0 Å². The van der Waals surface area contributed by atoms with Crippen molar-refractivity contribution in [1.82, 2.24) is 15.5 Å². The summed E-state index contributed by atoms with van der Waals surface area (Å²) in [7, 11) is 0. The minimum Gasteiger partial charge on any atom is -0.394 e. The molecule has 0 aromatic carbocycles. The van der Waals surface area contributed by atoms with Gasteiger partial charge in [0, 0.05) is 0 Å². The van der Waals surface area contributed by atoms with E-state index >= 15 is 0 Å². The number of carbonyl (C=O) groups is 1. The fourth-order valence-electron chi connectivity index (χ4n) is 0.735. The second-order valence-electron chi connectivity index (χ2n) is 2.55. The molecular weight excluding hydrogens is 190 g/mol. The third-order valence-electron chi connectivity index (χ3n) is 1.43. The van der Waals surface area contributed by atoms with Gasteiger partial charge in [-0.15, -0.1) is 0 Å². The summed E-state index contributed by atoms with van der Waals surface area (Å²) < 4.78 is 4.72. The standard InChI is InChI=1S/C6H11N5O3/c7-3(2-12)5-10-4(14-11-5)1-9-6(8)13/h3,12H,1-2,7H2,(H3,8,9,13)/t3-/m0/s1. The molecule has 0 saturated heterocycles. The molecule has 1 heterocycles. The Morgan fingerprint density at radius 3 is 3.00 bits per heavy atom. The van der Waals surface area contributed by atoms with Crippen molar-refractivity contribution >= 4 is 6.03 Å². The van der Waals surface area contributed by atoms with Gasteiger partial charge in [-0.05, 0) is 0 Å². The highest BCUT2D eigenvalue weighted by Gasteiger charge is 2.12. The van der Waals surface area contributed by atoms with E-state index in [9.17, 15) is 4.79 Å². The Bertz CT molecular complexity index is 312. The third-order valence-corrected chi connectivity index (χ3v) is 1.43. The van der Waals surface area contributed by atoms with E-state index in [1.54, 1.807) is 0 Å². The summed E-state index contributed by atoms with van der Waals surface area (Å²) in [6, 6.07) is -1.36. The van der Waals surface area contributed by atoms with Gasteiger partial charge in [0.15, 0.2) is 5.82 Å². The van der Waals surface area contributed by atoms with Crippen molar-refractivity contribution in [3.05, 3.63) is 11.7 Å². The minimum atomic E-state index is -0.684. The number of nitrogens with two attached hydrogens (primary N) is 2. The van der Waals surface area contributed by atoms with Crippen LogP contribution in [-0.2, 0) is 6.54 Å². The van der Waals surface area contributed by atoms with Gasteiger partial charge in [0.1, 0.15) is 0 Å². The maximum absolute atomic E-state index is 10.3. The Kier molecular flexibility index (Phi) is 3.37. The second-order valence-corrected chi connectivity index (χ2v) is 2.55. The van der Waals surface area contributed by atoms with Crippen LogP contribution in [-0.4, -0.2) is 27.9 Å². The molecule has 8 nitrogen and oxygen atoms in total. The van der Waals surface area contributed by atoms with Crippen LogP contribution in [0.1, 0.15) is 17.8 Å². The number of primary amides is 1. The molecule has 14 heavy (non-hydrogen) atoms. The summed E-state index contributed by atoms with van der Waals surface area (Å²) in [5.74, 6) is 0.372. The summed E-state index contributed by atoms with van der Waals surface area (Å²) in [6.45, 7) is -0.233. The van der Waals surface area contributed by atoms with Crippen molar-refractivity contribution in [2.24, 2.45) is 11.5 Å². The number of nitrogens with one attached hydrogen (secondary N) is 1. The first-order chi connectivity index (χ1) is 6.63. The lowest BCUT2D eigenvalue weighted by molar-refractivity contribution is 0.246. The number of aromatic nitrogens is 2. The summed E-state index contributed by atoms with van der Waals surface area (Å²) in [6.07, 6.45) is 0. The number of aliphatic hydroxyl groups is 1. The molecule has 6 N–H and O–H groups in total. The van der Waals surface area contributed by atoms with Crippen LogP contribution in [0.5, 0.6) is 0 Å². The summed E-state index contributed by atoms with van der Waals surface area (Å²) >= 11 is 0. The fraction of sp³-hybridized carbons (Fsp3) is 0.500. The summed E-state index contributed by atoms with van der Waals surface area (Å²) in [5, 5.41) is 14.5. The quantitative estimate of drug-likeness (QED) is 0.454. The molecule has 1 rings (SSSR count). The van der Waals surface area contributed by atoms with Crippen molar-refractivity contribution in [3.8, 4) is 0 Å². The maximum Gasteiger partial charge on any atom is 0.312 e. The normalized spacial score (nSPS) is 12.4. The van der Waals surface area contributed by atoms with E-state index in [4.69, 9.17) is 21.1 Å². The van der Waals surface area contributed by atoms with Crippen molar-refractivity contribution in [2.45, 2.75) is 12.6 Å². The average Bonchev–Trinajstić information content (AvgIpc) is 2.62. The molecule has 0 fully saturated rings. The third kappa shape index (κ3) is 2.68. The van der Waals surface area contributed by atoms with Crippen LogP contribution in [0.25, 0.3) is 0 Å². The Labute approximate surface area is 79.3 Å². The molecule has 8 heteroatoms. The Hall–Kier alpha value is -1.67. The molecule has 0 spiro atoms. The highest BCUT2D eigenvalue weighted by Crippen LogP contribution is 2.04. The second kappa shape index (κ2) is 4.53. The number of nitrogens with zero attached hydrogens (tertiary/aromatic N) is 2. The van der Waals surface area contributed by atoms with Gasteiger partial charge in [0.05, 0.1) is 19.2 Å². The molecule has 1 atom stereocenters. The number of hydrogen-bond acceptors (Lipinski definition) is 6. The topological polar surface area (TPSA) is 140 Å². The molecule has 1 aromatic heterocycles. The van der Waals surface area contributed by atoms with Crippen LogP contribution < -0.4 is 16.8 Å². The van der Waals surface area contributed by atoms with E-state index in [0.717, 1.165) is 0 Å². The first-order valence-corrected chi connectivity index (χ1v) is 3.85. The molecule has 0 unspecified atom stereocenters. The van der Waals surface area contributed by atoms with Crippen LogP contribution >= 0.6 is 0 Å². The van der Waals surface area contributed by atoms with Gasteiger partial charge in [0.2, 0.25) is 5.89 Å². The summed E-state index contributed by atoms with van der Waals surface area (Å²) in [4.78, 5) is 14.1. The van der Waals surface area contributed by atoms with Gasteiger partial charge in [-0.2, -0.15) is 4.98 Å². The average molecular weight is 201 g/mol. The Morgan fingerprint density at radius 1 is 1.71 bits per heavy atom. The molecule has 1 aromatic rings. The number of aliphatic hydroxyl groups excluding tert-OH is 1. The number of rotatable bonds is 4.